The Hall–Kier alpha value is -0.860. The van der Waals surface area contributed by atoms with Gasteiger partial charge >= 0.3 is 0 Å². The number of hydrogen-bond donors (Lipinski definition) is 1. The largest absolute Gasteiger partial charge is 0.388 e. The maximum Gasteiger partial charge on any atom is 0.0351 e. The zero-order valence-electron chi connectivity index (χ0n) is 7.08. The summed E-state index contributed by atoms with van der Waals surface area (Å²) in [6.07, 6.45) is 0. The van der Waals surface area contributed by atoms with Crippen LogP contribution in [0.1, 0.15) is 5.56 Å². The van der Waals surface area contributed by atoms with Gasteiger partial charge in [-0.25, -0.2) is 0 Å². The molecule has 0 radical (unpaired) electrons. The summed E-state index contributed by atoms with van der Waals surface area (Å²) in [4.78, 5) is 0. The van der Waals surface area contributed by atoms with Gasteiger partial charge in [-0.2, -0.15) is 0 Å². The fourth-order valence-electron chi connectivity index (χ4n) is 0.614. The topological polar surface area (TPSA) is 35.2 Å². The molecule has 1 rings (SSSR count). The first-order valence-corrected chi connectivity index (χ1v) is 3.49. The van der Waals surface area contributed by atoms with Crippen LogP contribution in [0.5, 0.6) is 0 Å². The summed E-state index contributed by atoms with van der Waals surface area (Å²) in [6.45, 7) is 0.640. The van der Waals surface area contributed by atoms with Gasteiger partial charge in [-0.05, 0) is 5.56 Å². The number of methoxy groups -OCH3 is 1. The molecule has 0 amide bonds. The van der Waals surface area contributed by atoms with Crippen LogP contribution < -0.4 is 5.73 Å². The summed E-state index contributed by atoms with van der Waals surface area (Å²) in [6, 6.07) is 9.99. The average molecular weight is 153 g/mol. The van der Waals surface area contributed by atoms with Gasteiger partial charge in [0.05, 0.1) is 0 Å². The van der Waals surface area contributed by atoms with Crippen LogP contribution >= 0.6 is 0 Å². The van der Waals surface area contributed by atoms with Crippen molar-refractivity contribution in [2.24, 2.45) is 5.73 Å². The summed E-state index contributed by atoms with van der Waals surface area (Å²) in [5.74, 6) is 0. The van der Waals surface area contributed by atoms with Gasteiger partial charge in [0.2, 0.25) is 0 Å². The first kappa shape index (κ1) is 10.1. The molecule has 0 saturated carbocycles. The molecule has 62 valence electrons. The van der Waals surface area contributed by atoms with Gasteiger partial charge in [0.1, 0.15) is 0 Å². The van der Waals surface area contributed by atoms with Crippen molar-refractivity contribution in [1.82, 2.24) is 0 Å². The Morgan fingerprint density at radius 1 is 1.18 bits per heavy atom. The number of nitrogens with two attached hydrogens (primary N) is 1. The highest BCUT2D eigenvalue weighted by atomic mass is 16.4. The van der Waals surface area contributed by atoms with Crippen molar-refractivity contribution >= 4 is 0 Å². The smallest absolute Gasteiger partial charge is 0.0351 e. The predicted octanol–water partition coefficient (Wildman–Crippen LogP) is 1.41. The van der Waals surface area contributed by atoms with Gasteiger partial charge in [-0.1, -0.05) is 30.3 Å². The number of hydrogen-bond acceptors (Lipinski definition) is 2. The lowest BCUT2D eigenvalue weighted by Gasteiger charge is -1.90. The highest BCUT2D eigenvalue weighted by Crippen LogP contribution is 1.94. The molecule has 0 heterocycles. The van der Waals surface area contributed by atoms with E-state index in [1.54, 1.807) is 14.2 Å². The predicted molar refractivity (Wildman–Crippen MR) is 47.3 cm³/mol. The molecule has 0 aliphatic carbocycles. The molecule has 0 unspecified atom stereocenters. The molecule has 1 aromatic rings. The van der Waals surface area contributed by atoms with Crippen molar-refractivity contribution < 1.29 is 4.74 Å². The van der Waals surface area contributed by atoms with E-state index in [0.717, 1.165) is 0 Å². The minimum Gasteiger partial charge on any atom is -0.388 e. The van der Waals surface area contributed by atoms with Crippen molar-refractivity contribution in [2.45, 2.75) is 6.54 Å². The molecule has 2 nitrogen and oxygen atoms in total. The minimum atomic E-state index is 0.640. The fraction of sp³-hybridized carbons (Fsp3) is 0.333. The summed E-state index contributed by atoms with van der Waals surface area (Å²) in [7, 11) is 3.25. The number of benzene rings is 1. The summed E-state index contributed by atoms with van der Waals surface area (Å²) in [5, 5.41) is 0. The van der Waals surface area contributed by atoms with E-state index in [4.69, 9.17) is 5.73 Å². The SMILES string of the molecule is COC.NCc1ccccc1. The standard InChI is InChI=1S/C7H9N.C2H6O/c8-6-7-4-2-1-3-5-7;1-3-2/h1-5H,6,8H2;1-2H3. The summed E-state index contributed by atoms with van der Waals surface area (Å²) in [5.41, 5.74) is 6.54. The molecule has 11 heavy (non-hydrogen) atoms. The van der Waals surface area contributed by atoms with Crippen LogP contribution in [0.2, 0.25) is 0 Å². The first-order valence-electron chi connectivity index (χ1n) is 3.49. The third kappa shape index (κ3) is 5.58. The van der Waals surface area contributed by atoms with Crippen molar-refractivity contribution in [1.29, 1.82) is 0 Å². The lowest BCUT2D eigenvalue weighted by atomic mass is 10.2. The molecule has 0 aromatic heterocycles. The van der Waals surface area contributed by atoms with Crippen LogP contribution in [0.4, 0.5) is 0 Å². The van der Waals surface area contributed by atoms with Crippen LogP contribution in [0.15, 0.2) is 30.3 Å². The molecule has 0 bridgehead atoms. The van der Waals surface area contributed by atoms with Crippen LogP contribution in [0, 0.1) is 0 Å². The normalized spacial score (nSPS) is 8.27. The number of rotatable bonds is 1. The number of ether oxygens (including phenoxy) is 1. The second-order valence-corrected chi connectivity index (χ2v) is 2.10. The Morgan fingerprint density at radius 2 is 1.64 bits per heavy atom. The molecule has 0 aliphatic heterocycles. The molecule has 0 atom stereocenters. The zero-order chi connectivity index (χ0) is 8.53. The van der Waals surface area contributed by atoms with E-state index in [1.165, 1.54) is 5.56 Å². The third-order valence-corrected chi connectivity index (χ3v) is 1.08. The molecule has 0 aliphatic rings. The highest BCUT2D eigenvalue weighted by Gasteiger charge is 1.80. The Bertz CT molecular complexity index is 162. The van der Waals surface area contributed by atoms with E-state index < -0.39 is 0 Å². The zero-order valence-corrected chi connectivity index (χ0v) is 7.08. The van der Waals surface area contributed by atoms with Gasteiger partial charge in [0.25, 0.3) is 0 Å². The van der Waals surface area contributed by atoms with E-state index in [-0.39, 0.29) is 0 Å². The lowest BCUT2D eigenvalue weighted by Crippen LogP contribution is -1.94. The Labute approximate surface area is 68.0 Å². The molecule has 0 saturated heterocycles. The van der Waals surface area contributed by atoms with Gasteiger partial charge in [0.15, 0.2) is 0 Å². The van der Waals surface area contributed by atoms with E-state index in [1.807, 2.05) is 30.3 Å². The quantitative estimate of drug-likeness (QED) is 0.662. The van der Waals surface area contributed by atoms with Gasteiger partial charge in [0, 0.05) is 20.8 Å². The monoisotopic (exact) mass is 153 g/mol. The van der Waals surface area contributed by atoms with Crippen molar-refractivity contribution in [3.05, 3.63) is 35.9 Å². The molecule has 1 aromatic carbocycles. The third-order valence-electron chi connectivity index (χ3n) is 1.08. The molecule has 0 spiro atoms. The Morgan fingerprint density at radius 3 is 1.91 bits per heavy atom. The van der Waals surface area contributed by atoms with Crippen LogP contribution in [-0.4, -0.2) is 14.2 Å². The second kappa shape index (κ2) is 7.25. The van der Waals surface area contributed by atoms with Gasteiger partial charge < -0.3 is 10.5 Å². The van der Waals surface area contributed by atoms with Gasteiger partial charge in [-0.3, -0.25) is 0 Å². The second-order valence-electron chi connectivity index (χ2n) is 2.10. The van der Waals surface area contributed by atoms with Crippen LogP contribution in [0.25, 0.3) is 0 Å². The fourth-order valence-corrected chi connectivity index (χ4v) is 0.614. The maximum absolute atomic E-state index is 5.35. The Balaban J connectivity index is 0.000000292. The highest BCUT2D eigenvalue weighted by molar-refractivity contribution is 5.13. The molecule has 2 N–H and O–H groups in total. The van der Waals surface area contributed by atoms with E-state index in [2.05, 4.69) is 4.74 Å². The van der Waals surface area contributed by atoms with Crippen molar-refractivity contribution in [3.8, 4) is 0 Å². The molecule has 2 heteroatoms. The molecular weight excluding hydrogens is 138 g/mol. The average Bonchev–Trinajstić information content (AvgIpc) is 2.08. The summed E-state index contributed by atoms with van der Waals surface area (Å²) >= 11 is 0. The van der Waals surface area contributed by atoms with Crippen LogP contribution in [0.3, 0.4) is 0 Å². The van der Waals surface area contributed by atoms with Crippen LogP contribution in [-0.2, 0) is 11.3 Å². The minimum absolute atomic E-state index is 0.640. The van der Waals surface area contributed by atoms with Crippen molar-refractivity contribution in [3.63, 3.8) is 0 Å². The van der Waals surface area contributed by atoms with Gasteiger partial charge in [-0.15, -0.1) is 0 Å². The lowest BCUT2D eigenvalue weighted by molar-refractivity contribution is 0.277. The Kier molecular flexibility index (Phi) is 6.68. The van der Waals surface area contributed by atoms with Crippen molar-refractivity contribution in [2.75, 3.05) is 14.2 Å². The van der Waals surface area contributed by atoms with E-state index >= 15 is 0 Å². The summed E-state index contributed by atoms with van der Waals surface area (Å²) < 4.78 is 4.25. The molecular formula is C9H15NO. The van der Waals surface area contributed by atoms with E-state index in [0.29, 0.717) is 6.54 Å². The maximum atomic E-state index is 5.35. The molecule has 0 fully saturated rings. The van der Waals surface area contributed by atoms with E-state index in [9.17, 15) is 0 Å². The first-order chi connectivity index (χ1) is 5.35.